The first-order valence-corrected chi connectivity index (χ1v) is 5.71. The Morgan fingerprint density at radius 2 is 2.15 bits per heavy atom. The van der Waals surface area contributed by atoms with Crippen molar-refractivity contribution in [3.63, 3.8) is 0 Å². The molecule has 0 bridgehead atoms. The molecule has 0 fully saturated rings. The highest BCUT2D eigenvalue weighted by Crippen LogP contribution is 2.26. The summed E-state index contributed by atoms with van der Waals surface area (Å²) in [7, 11) is 0. The summed E-state index contributed by atoms with van der Waals surface area (Å²) in [6, 6.07) is 6.27. The monoisotopic (exact) mass is 195 g/mol. The Hall–Kier alpha value is -0.630. The molecule has 2 N–H and O–H groups in total. The summed E-state index contributed by atoms with van der Waals surface area (Å²) < 4.78 is 0. The molecule has 1 aromatic carbocycles. The molecular weight excluding hydrogens is 178 g/mol. The number of hydrogen-bond acceptors (Lipinski definition) is 2. The predicted molar refractivity (Wildman–Crippen MR) is 61.2 cm³/mol. The standard InChI is InChI=1S/C11H17NS/c1-3-4-7-13-11-6-5-9(2)8-10(11)12/h5-6,8H,3-4,7,12H2,1-2H3. The first-order chi connectivity index (χ1) is 6.24. The number of rotatable bonds is 4. The number of anilines is 1. The Morgan fingerprint density at radius 3 is 2.77 bits per heavy atom. The molecule has 1 aromatic rings. The summed E-state index contributed by atoms with van der Waals surface area (Å²) in [5.41, 5.74) is 8.03. The maximum absolute atomic E-state index is 5.88. The van der Waals surface area contributed by atoms with Crippen molar-refractivity contribution in [2.24, 2.45) is 0 Å². The third-order valence-electron chi connectivity index (χ3n) is 1.92. The van der Waals surface area contributed by atoms with Crippen LogP contribution in [0.4, 0.5) is 5.69 Å². The number of thioether (sulfide) groups is 1. The second-order valence-corrected chi connectivity index (χ2v) is 4.38. The van der Waals surface area contributed by atoms with Gasteiger partial charge in [0.05, 0.1) is 0 Å². The fourth-order valence-electron chi connectivity index (χ4n) is 1.13. The lowest BCUT2D eigenvalue weighted by molar-refractivity contribution is 0.896. The van der Waals surface area contributed by atoms with Crippen LogP contribution in [-0.2, 0) is 0 Å². The van der Waals surface area contributed by atoms with E-state index in [4.69, 9.17) is 5.73 Å². The molecule has 0 aliphatic carbocycles. The van der Waals surface area contributed by atoms with E-state index in [1.807, 2.05) is 17.8 Å². The minimum Gasteiger partial charge on any atom is -0.398 e. The number of nitrogens with two attached hydrogens (primary N) is 1. The van der Waals surface area contributed by atoms with Crippen LogP contribution in [0.25, 0.3) is 0 Å². The maximum atomic E-state index is 5.88. The normalized spacial score (nSPS) is 10.3. The van der Waals surface area contributed by atoms with Crippen LogP contribution in [0.1, 0.15) is 25.3 Å². The van der Waals surface area contributed by atoms with Crippen LogP contribution in [0.5, 0.6) is 0 Å². The topological polar surface area (TPSA) is 26.0 Å². The molecule has 1 nitrogen and oxygen atoms in total. The Labute approximate surface area is 84.7 Å². The summed E-state index contributed by atoms with van der Waals surface area (Å²) in [5, 5.41) is 0. The molecule has 0 amide bonds. The van der Waals surface area contributed by atoms with Gasteiger partial charge in [0.15, 0.2) is 0 Å². The zero-order valence-corrected chi connectivity index (χ0v) is 9.16. The van der Waals surface area contributed by atoms with Crippen molar-refractivity contribution < 1.29 is 0 Å². The van der Waals surface area contributed by atoms with Crippen LogP contribution in [-0.4, -0.2) is 5.75 Å². The Balaban J connectivity index is 2.56. The van der Waals surface area contributed by atoms with E-state index < -0.39 is 0 Å². The van der Waals surface area contributed by atoms with E-state index in [1.54, 1.807) is 0 Å². The predicted octanol–water partition coefficient (Wildman–Crippen LogP) is 3.47. The zero-order valence-electron chi connectivity index (χ0n) is 8.34. The summed E-state index contributed by atoms with van der Waals surface area (Å²) in [5.74, 6) is 1.17. The van der Waals surface area contributed by atoms with Crippen LogP contribution >= 0.6 is 11.8 Å². The fraction of sp³-hybridized carbons (Fsp3) is 0.455. The van der Waals surface area contributed by atoms with Gasteiger partial charge in [-0.1, -0.05) is 19.4 Å². The molecule has 0 unspecified atom stereocenters. The van der Waals surface area contributed by atoms with Crippen LogP contribution in [0.3, 0.4) is 0 Å². The van der Waals surface area contributed by atoms with Crippen molar-refractivity contribution in [2.75, 3.05) is 11.5 Å². The smallest absolute Gasteiger partial charge is 0.0454 e. The second-order valence-electron chi connectivity index (χ2n) is 3.24. The zero-order chi connectivity index (χ0) is 9.68. The minimum absolute atomic E-state index is 0.918. The van der Waals surface area contributed by atoms with E-state index in [2.05, 4.69) is 26.0 Å². The Morgan fingerprint density at radius 1 is 1.38 bits per heavy atom. The lowest BCUT2D eigenvalue weighted by Gasteiger charge is -2.05. The quantitative estimate of drug-likeness (QED) is 0.452. The van der Waals surface area contributed by atoms with Crippen LogP contribution in [0, 0.1) is 6.92 Å². The largest absolute Gasteiger partial charge is 0.398 e. The van der Waals surface area contributed by atoms with Crippen molar-refractivity contribution in [1.29, 1.82) is 0 Å². The molecule has 0 saturated carbocycles. The van der Waals surface area contributed by atoms with Crippen LogP contribution in [0.15, 0.2) is 23.1 Å². The average molecular weight is 195 g/mol. The van der Waals surface area contributed by atoms with Crippen molar-refractivity contribution >= 4 is 17.4 Å². The van der Waals surface area contributed by atoms with Crippen LogP contribution < -0.4 is 5.73 Å². The number of hydrogen-bond donors (Lipinski definition) is 1. The van der Waals surface area contributed by atoms with Gasteiger partial charge in [-0.3, -0.25) is 0 Å². The van der Waals surface area contributed by atoms with E-state index in [-0.39, 0.29) is 0 Å². The Bertz CT molecular complexity index is 271. The molecular formula is C11H17NS. The van der Waals surface area contributed by atoms with Gasteiger partial charge >= 0.3 is 0 Å². The van der Waals surface area contributed by atoms with E-state index in [0.29, 0.717) is 0 Å². The van der Waals surface area contributed by atoms with Gasteiger partial charge in [0.1, 0.15) is 0 Å². The maximum Gasteiger partial charge on any atom is 0.0454 e. The number of nitrogen functional groups attached to an aromatic ring is 1. The molecule has 72 valence electrons. The summed E-state index contributed by atoms with van der Waals surface area (Å²) in [6.07, 6.45) is 2.51. The third kappa shape index (κ3) is 3.31. The molecule has 0 aliphatic rings. The third-order valence-corrected chi connectivity index (χ3v) is 3.10. The highest BCUT2D eigenvalue weighted by molar-refractivity contribution is 7.99. The number of benzene rings is 1. The molecule has 2 heteroatoms. The highest BCUT2D eigenvalue weighted by Gasteiger charge is 1.98. The van der Waals surface area contributed by atoms with E-state index >= 15 is 0 Å². The van der Waals surface area contributed by atoms with E-state index in [1.165, 1.54) is 29.1 Å². The Kier molecular flexibility index (Phi) is 4.16. The minimum atomic E-state index is 0.918. The van der Waals surface area contributed by atoms with Crippen molar-refractivity contribution in [3.05, 3.63) is 23.8 Å². The van der Waals surface area contributed by atoms with Crippen molar-refractivity contribution in [2.45, 2.75) is 31.6 Å². The number of aryl methyl sites for hydroxylation is 1. The van der Waals surface area contributed by atoms with Gasteiger partial charge in [-0.05, 0) is 36.8 Å². The molecule has 1 rings (SSSR count). The van der Waals surface area contributed by atoms with Crippen molar-refractivity contribution in [3.8, 4) is 0 Å². The number of unbranched alkanes of at least 4 members (excludes halogenated alkanes) is 1. The molecule has 0 heterocycles. The lowest BCUT2D eigenvalue weighted by Crippen LogP contribution is -1.90. The molecule has 0 aromatic heterocycles. The molecule has 0 aliphatic heterocycles. The average Bonchev–Trinajstić information content (AvgIpc) is 2.09. The summed E-state index contributed by atoms with van der Waals surface area (Å²) in [6.45, 7) is 4.27. The fourth-order valence-corrected chi connectivity index (χ4v) is 2.17. The summed E-state index contributed by atoms with van der Waals surface area (Å²) in [4.78, 5) is 1.22. The summed E-state index contributed by atoms with van der Waals surface area (Å²) >= 11 is 1.86. The van der Waals surface area contributed by atoms with Crippen molar-refractivity contribution in [1.82, 2.24) is 0 Å². The molecule has 13 heavy (non-hydrogen) atoms. The van der Waals surface area contributed by atoms with Gasteiger partial charge in [-0.15, -0.1) is 11.8 Å². The molecule has 0 spiro atoms. The molecule has 0 saturated heterocycles. The van der Waals surface area contributed by atoms with E-state index in [0.717, 1.165) is 5.69 Å². The van der Waals surface area contributed by atoms with Gasteiger partial charge < -0.3 is 5.73 Å². The first-order valence-electron chi connectivity index (χ1n) is 4.73. The van der Waals surface area contributed by atoms with Gasteiger partial charge in [-0.25, -0.2) is 0 Å². The van der Waals surface area contributed by atoms with Crippen LogP contribution in [0.2, 0.25) is 0 Å². The second kappa shape index (κ2) is 5.18. The SMILES string of the molecule is CCCCSc1ccc(C)cc1N. The first kappa shape index (κ1) is 10.5. The van der Waals surface area contributed by atoms with Gasteiger partial charge in [-0.2, -0.15) is 0 Å². The highest BCUT2D eigenvalue weighted by atomic mass is 32.2. The van der Waals surface area contributed by atoms with E-state index in [9.17, 15) is 0 Å². The van der Waals surface area contributed by atoms with Gasteiger partial charge in [0.2, 0.25) is 0 Å². The molecule has 0 radical (unpaired) electrons. The van der Waals surface area contributed by atoms with Gasteiger partial charge in [0.25, 0.3) is 0 Å². The molecule has 0 atom stereocenters. The lowest BCUT2D eigenvalue weighted by atomic mass is 10.2. The van der Waals surface area contributed by atoms with Gasteiger partial charge in [0, 0.05) is 10.6 Å².